The Kier molecular flexibility index (Phi) is 7.59. The fourth-order valence-corrected chi connectivity index (χ4v) is 1.74. The number of hydrogen-bond acceptors (Lipinski definition) is 4. The first-order valence-corrected chi connectivity index (χ1v) is 7.44. The third-order valence-corrected chi connectivity index (χ3v) is 3.34. The minimum atomic E-state index is -1.07. The van der Waals surface area contributed by atoms with Gasteiger partial charge in [0.15, 0.2) is 6.61 Å². The zero-order chi connectivity index (χ0) is 17.2. The van der Waals surface area contributed by atoms with Gasteiger partial charge in [-0.05, 0) is 30.0 Å². The molecule has 7 nitrogen and oxygen atoms in total. The lowest BCUT2D eigenvalue weighted by molar-refractivity contribution is -0.139. The van der Waals surface area contributed by atoms with Crippen molar-refractivity contribution in [3.63, 3.8) is 0 Å². The van der Waals surface area contributed by atoms with Crippen molar-refractivity contribution in [2.75, 3.05) is 6.61 Å². The van der Waals surface area contributed by atoms with Crippen molar-refractivity contribution in [2.45, 2.75) is 39.0 Å². The molecule has 23 heavy (non-hydrogen) atoms. The van der Waals surface area contributed by atoms with Crippen LogP contribution in [0.4, 0.5) is 0 Å². The molecule has 2 amide bonds. The largest absolute Gasteiger partial charge is 0.484 e. The van der Waals surface area contributed by atoms with Crippen molar-refractivity contribution >= 4 is 17.8 Å². The van der Waals surface area contributed by atoms with Crippen molar-refractivity contribution in [3.8, 4) is 5.75 Å². The number of amides is 2. The Bertz CT molecular complexity index is 542. The van der Waals surface area contributed by atoms with Crippen LogP contribution in [0.5, 0.6) is 5.75 Å². The molecule has 0 bridgehead atoms. The van der Waals surface area contributed by atoms with Crippen molar-refractivity contribution in [1.82, 2.24) is 10.9 Å². The first kappa shape index (κ1) is 18.5. The molecule has 1 atom stereocenters. The number of ether oxygens (including phenoxy) is 1. The third-order valence-electron chi connectivity index (χ3n) is 3.34. The summed E-state index contributed by atoms with van der Waals surface area (Å²) in [6, 6.07) is 7.49. The molecular weight excluding hydrogens is 300 g/mol. The molecule has 0 radical (unpaired) electrons. The Balaban J connectivity index is 2.30. The average Bonchev–Trinajstić information content (AvgIpc) is 2.55. The summed E-state index contributed by atoms with van der Waals surface area (Å²) in [5.74, 6) is -1.15. The molecule has 0 aliphatic rings. The highest BCUT2D eigenvalue weighted by Crippen LogP contribution is 2.21. The molecule has 0 fully saturated rings. The van der Waals surface area contributed by atoms with Crippen LogP contribution in [-0.4, -0.2) is 29.5 Å². The van der Waals surface area contributed by atoms with Gasteiger partial charge in [0.1, 0.15) is 5.75 Å². The molecule has 3 N–H and O–H groups in total. The summed E-state index contributed by atoms with van der Waals surface area (Å²) in [4.78, 5) is 33.0. The first-order valence-electron chi connectivity index (χ1n) is 7.44. The van der Waals surface area contributed by atoms with Crippen LogP contribution in [0.3, 0.4) is 0 Å². The van der Waals surface area contributed by atoms with Crippen LogP contribution in [0.25, 0.3) is 0 Å². The second-order valence-electron chi connectivity index (χ2n) is 5.16. The minimum absolute atomic E-state index is 0.201. The molecule has 1 aromatic rings. The number of hydrazine groups is 1. The molecule has 1 unspecified atom stereocenters. The Morgan fingerprint density at radius 2 is 1.70 bits per heavy atom. The van der Waals surface area contributed by atoms with E-state index in [9.17, 15) is 14.4 Å². The van der Waals surface area contributed by atoms with E-state index in [1.54, 1.807) is 12.1 Å². The Morgan fingerprint density at radius 3 is 2.26 bits per heavy atom. The molecule has 0 spiro atoms. The highest BCUT2D eigenvalue weighted by Gasteiger charge is 2.08. The zero-order valence-electron chi connectivity index (χ0n) is 13.3. The molecule has 1 aromatic carbocycles. The molecule has 7 heteroatoms. The van der Waals surface area contributed by atoms with E-state index in [-0.39, 0.29) is 19.4 Å². The maximum absolute atomic E-state index is 11.5. The van der Waals surface area contributed by atoms with Crippen LogP contribution in [-0.2, 0) is 14.4 Å². The molecule has 0 heterocycles. The number of carbonyl (C=O) groups is 3. The van der Waals surface area contributed by atoms with E-state index in [1.165, 1.54) is 5.56 Å². The Morgan fingerprint density at radius 1 is 1.09 bits per heavy atom. The van der Waals surface area contributed by atoms with Crippen molar-refractivity contribution < 1.29 is 24.2 Å². The summed E-state index contributed by atoms with van der Waals surface area (Å²) in [5, 5.41) is 8.43. The smallest absolute Gasteiger partial charge is 0.303 e. The van der Waals surface area contributed by atoms with Gasteiger partial charge >= 0.3 is 5.97 Å². The average molecular weight is 322 g/mol. The fraction of sp³-hybridized carbons (Fsp3) is 0.438. The summed E-state index contributed by atoms with van der Waals surface area (Å²) in [5.41, 5.74) is 5.49. The number of hydrogen-bond donors (Lipinski definition) is 3. The van der Waals surface area contributed by atoms with Gasteiger partial charge in [-0.2, -0.15) is 0 Å². The first-order chi connectivity index (χ1) is 10.9. The van der Waals surface area contributed by atoms with Gasteiger partial charge in [0.2, 0.25) is 5.91 Å². The van der Waals surface area contributed by atoms with Crippen molar-refractivity contribution in [3.05, 3.63) is 29.8 Å². The minimum Gasteiger partial charge on any atom is -0.484 e. The summed E-state index contributed by atoms with van der Waals surface area (Å²) in [6.07, 6.45) is 0.554. The maximum atomic E-state index is 11.5. The van der Waals surface area contributed by atoms with E-state index in [2.05, 4.69) is 24.7 Å². The normalized spacial score (nSPS) is 11.4. The van der Waals surface area contributed by atoms with Gasteiger partial charge in [0.25, 0.3) is 5.91 Å². The number of aliphatic carboxylic acids is 1. The van der Waals surface area contributed by atoms with Crippen LogP contribution in [0.1, 0.15) is 44.6 Å². The van der Waals surface area contributed by atoms with E-state index in [4.69, 9.17) is 9.84 Å². The van der Waals surface area contributed by atoms with Crippen LogP contribution < -0.4 is 15.6 Å². The molecule has 0 aromatic heterocycles. The molecule has 0 saturated heterocycles. The number of carbonyl (C=O) groups excluding carboxylic acids is 2. The predicted octanol–water partition coefficient (Wildman–Crippen LogP) is 1.59. The van der Waals surface area contributed by atoms with Gasteiger partial charge in [-0.3, -0.25) is 25.2 Å². The summed E-state index contributed by atoms with van der Waals surface area (Å²) >= 11 is 0. The van der Waals surface area contributed by atoms with Crippen LogP contribution in [0.2, 0.25) is 0 Å². The predicted molar refractivity (Wildman–Crippen MR) is 83.8 cm³/mol. The van der Waals surface area contributed by atoms with E-state index in [0.717, 1.165) is 6.42 Å². The molecule has 0 saturated carbocycles. The highest BCUT2D eigenvalue weighted by atomic mass is 16.5. The fourth-order valence-electron chi connectivity index (χ4n) is 1.74. The second-order valence-corrected chi connectivity index (χ2v) is 5.16. The number of benzene rings is 1. The summed E-state index contributed by atoms with van der Waals surface area (Å²) in [7, 11) is 0. The van der Waals surface area contributed by atoms with Gasteiger partial charge in [-0.1, -0.05) is 26.0 Å². The molecule has 0 aliphatic carbocycles. The zero-order valence-corrected chi connectivity index (χ0v) is 13.3. The quantitative estimate of drug-likeness (QED) is 0.630. The third kappa shape index (κ3) is 7.30. The number of carboxylic acid groups (broad SMARTS) is 1. The van der Waals surface area contributed by atoms with Crippen molar-refractivity contribution in [2.24, 2.45) is 0 Å². The topological polar surface area (TPSA) is 105 Å². The van der Waals surface area contributed by atoms with Gasteiger partial charge < -0.3 is 9.84 Å². The summed E-state index contributed by atoms with van der Waals surface area (Å²) < 4.78 is 5.31. The van der Waals surface area contributed by atoms with Crippen LogP contribution in [0, 0.1) is 0 Å². The second kappa shape index (κ2) is 9.45. The van der Waals surface area contributed by atoms with E-state index >= 15 is 0 Å². The van der Waals surface area contributed by atoms with E-state index in [0.29, 0.717) is 11.7 Å². The molecule has 0 aliphatic heterocycles. The summed E-state index contributed by atoms with van der Waals surface area (Å²) in [6.45, 7) is 4.00. The molecule has 1 rings (SSSR count). The standard InChI is InChI=1S/C16H22N2O5/c1-3-11(2)12-4-6-13(7-5-12)23-10-15(20)18-17-14(19)8-9-16(21)22/h4-7,11H,3,8-10H2,1-2H3,(H,17,19)(H,18,20)(H,21,22). The maximum Gasteiger partial charge on any atom is 0.303 e. The lowest BCUT2D eigenvalue weighted by Crippen LogP contribution is -2.43. The lowest BCUT2D eigenvalue weighted by atomic mass is 9.99. The highest BCUT2D eigenvalue weighted by molar-refractivity contribution is 5.84. The molecular formula is C16H22N2O5. The number of carboxylic acids is 1. The SMILES string of the molecule is CCC(C)c1ccc(OCC(=O)NNC(=O)CCC(=O)O)cc1. The van der Waals surface area contributed by atoms with Crippen LogP contribution >= 0.6 is 0 Å². The monoisotopic (exact) mass is 322 g/mol. The van der Waals surface area contributed by atoms with Gasteiger partial charge in [0, 0.05) is 6.42 Å². The number of nitrogens with one attached hydrogen (secondary N) is 2. The van der Waals surface area contributed by atoms with Crippen molar-refractivity contribution in [1.29, 1.82) is 0 Å². The number of rotatable bonds is 8. The Labute approximate surface area is 135 Å². The van der Waals surface area contributed by atoms with Gasteiger partial charge in [0.05, 0.1) is 6.42 Å². The van der Waals surface area contributed by atoms with Crippen LogP contribution in [0.15, 0.2) is 24.3 Å². The lowest BCUT2D eigenvalue weighted by Gasteiger charge is -2.11. The van der Waals surface area contributed by atoms with E-state index < -0.39 is 17.8 Å². The molecule has 126 valence electrons. The Hall–Kier alpha value is -2.57. The van der Waals surface area contributed by atoms with Gasteiger partial charge in [-0.25, -0.2) is 0 Å². The van der Waals surface area contributed by atoms with Gasteiger partial charge in [-0.15, -0.1) is 0 Å². The van der Waals surface area contributed by atoms with E-state index in [1.807, 2.05) is 12.1 Å².